The maximum atomic E-state index is 12.6. The van der Waals surface area contributed by atoms with Gasteiger partial charge in [0.2, 0.25) is 0 Å². The summed E-state index contributed by atoms with van der Waals surface area (Å²) in [5.41, 5.74) is 4.70. The van der Waals surface area contributed by atoms with Crippen molar-refractivity contribution >= 4 is 40.6 Å². The van der Waals surface area contributed by atoms with Crippen molar-refractivity contribution in [1.29, 1.82) is 0 Å². The van der Waals surface area contributed by atoms with E-state index in [0.29, 0.717) is 6.07 Å². The molecule has 3 nitrogen and oxygen atoms in total. The third kappa shape index (κ3) is 2.75. The van der Waals surface area contributed by atoms with E-state index in [4.69, 9.17) is 40.5 Å². The standard InChI is InChI=1S/C10H5Cl3F3N3/c11-5-2-7(19-9(17)3-8(13)18-19)6(12)1-4(5)10(14,15)16/h1-3H,17H2. The van der Waals surface area contributed by atoms with Gasteiger partial charge in [0.1, 0.15) is 5.82 Å². The van der Waals surface area contributed by atoms with Crippen molar-refractivity contribution in [1.82, 2.24) is 9.78 Å². The molecule has 1 heterocycles. The lowest BCUT2D eigenvalue weighted by Gasteiger charge is -2.13. The van der Waals surface area contributed by atoms with Crippen molar-refractivity contribution in [2.75, 3.05) is 5.73 Å². The summed E-state index contributed by atoms with van der Waals surface area (Å²) >= 11 is 17.1. The van der Waals surface area contributed by atoms with Gasteiger partial charge in [0.15, 0.2) is 5.15 Å². The fourth-order valence-corrected chi connectivity index (χ4v) is 2.17. The molecular weight excluding hydrogens is 325 g/mol. The van der Waals surface area contributed by atoms with Crippen LogP contribution >= 0.6 is 34.8 Å². The van der Waals surface area contributed by atoms with Crippen LogP contribution in [0.4, 0.5) is 19.0 Å². The lowest BCUT2D eigenvalue weighted by molar-refractivity contribution is -0.137. The fourth-order valence-electron chi connectivity index (χ4n) is 1.47. The number of alkyl halides is 3. The Bertz CT molecular complexity index is 637. The Morgan fingerprint density at radius 1 is 1.05 bits per heavy atom. The zero-order chi connectivity index (χ0) is 14.4. The van der Waals surface area contributed by atoms with Gasteiger partial charge in [0.25, 0.3) is 0 Å². The van der Waals surface area contributed by atoms with Gasteiger partial charge in [-0.2, -0.15) is 18.3 Å². The second-order valence-corrected chi connectivity index (χ2v) is 4.79. The second kappa shape index (κ2) is 4.77. The Morgan fingerprint density at radius 3 is 2.16 bits per heavy atom. The smallest absolute Gasteiger partial charge is 0.384 e. The molecule has 1 aromatic heterocycles. The highest BCUT2D eigenvalue weighted by atomic mass is 35.5. The summed E-state index contributed by atoms with van der Waals surface area (Å²) in [6.07, 6.45) is -4.59. The molecule has 19 heavy (non-hydrogen) atoms. The van der Waals surface area contributed by atoms with Gasteiger partial charge in [0.05, 0.1) is 21.3 Å². The summed E-state index contributed by atoms with van der Waals surface area (Å²) in [6, 6.07) is 3.09. The van der Waals surface area contributed by atoms with Crippen molar-refractivity contribution in [3.63, 3.8) is 0 Å². The van der Waals surface area contributed by atoms with Gasteiger partial charge >= 0.3 is 6.18 Å². The van der Waals surface area contributed by atoms with Gasteiger partial charge in [-0.3, -0.25) is 0 Å². The molecule has 1 aromatic carbocycles. The summed E-state index contributed by atoms with van der Waals surface area (Å²) < 4.78 is 39.0. The van der Waals surface area contributed by atoms with Crippen LogP contribution in [-0.4, -0.2) is 9.78 Å². The third-order valence-corrected chi connectivity index (χ3v) is 3.08. The van der Waals surface area contributed by atoms with Crippen LogP contribution in [0.1, 0.15) is 5.56 Å². The number of nitrogens with zero attached hydrogens (tertiary/aromatic N) is 2. The van der Waals surface area contributed by atoms with E-state index in [1.165, 1.54) is 6.07 Å². The molecule has 0 saturated carbocycles. The van der Waals surface area contributed by atoms with Crippen molar-refractivity contribution < 1.29 is 13.2 Å². The van der Waals surface area contributed by atoms with E-state index < -0.39 is 16.8 Å². The number of anilines is 1. The summed E-state index contributed by atoms with van der Waals surface area (Å²) in [5, 5.41) is 3.20. The van der Waals surface area contributed by atoms with Crippen molar-refractivity contribution in [3.8, 4) is 5.69 Å². The number of aromatic nitrogens is 2. The molecule has 0 amide bonds. The Hall–Kier alpha value is -1.11. The molecule has 0 saturated heterocycles. The molecule has 0 aliphatic heterocycles. The Balaban J connectivity index is 2.62. The van der Waals surface area contributed by atoms with E-state index in [1.807, 2.05) is 0 Å². The van der Waals surface area contributed by atoms with Gasteiger partial charge in [0, 0.05) is 6.07 Å². The minimum absolute atomic E-state index is 0.0876. The molecule has 102 valence electrons. The topological polar surface area (TPSA) is 43.8 Å². The quantitative estimate of drug-likeness (QED) is 0.840. The maximum Gasteiger partial charge on any atom is 0.417 e. The van der Waals surface area contributed by atoms with E-state index in [-0.39, 0.29) is 21.7 Å². The summed E-state index contributed by atoms with van der Waals surface area (Å²) in [4.78, 5) is 0. The fraction of sp³-hybridized carbons (Fsp3) is 0.100. The highest BCUT2D eigenvalue weighted by molar-refractivity contribution is 6.35. The number of nitrogen functional groups attached to an aromatic ring is 1. The second-order valence-electron chi connectivity index (χ2n) is 3.58. The van der Waals surface area contributed by atoms with Gasteiger partial charge in [-0.25, -0.2) is 4.68 Å². The SMILES string of the molecule is Nc1cc(Cl)nn1-c1cc(Cl)c(C(F)(F)F)cc1Cl. The number of halogens is 6. The minimum Gasteiger partial charge on any atom is -0.384 e. The monoisotopic (exact) mass is 329 g/mol. The van der Waals surface area contributed by atoms with E-state index in [2.05, 4.69) is 5.10 Å². The molecule has 0 aliphatic carbocycles. The number of hydrogen-bond acceptors (Lipinski definition) is 2. The van der Waals surface area contributed by atoms with E-state index in [9.17, 15) is 13.2 Å². The molecule has 2 rings (SSSR count). The number of rotatable bonds is 1. The lowest BCUT2D eigenvalue weighted by atomic mass is 10.2. The first-order chi connectivity index (χ1) is 8.70. The Morgan fingerprint density at radius 2 is 1.68 bits per heavy atom. The van der Waals surface area contributed by atoms with Crippen molar-refractivity contribution in [3.05, 3.63) is 39.0 Å². The van der Waals surface area contributed by atoms with Crippen LogP contribution in [0, 0.1) is 0 Å². The van der Waals surface area contributed by atoms with Crippen LogP contribution < -0.4 is 5.73 Å². The number of nitrogens with two attached hydrogens (primary N) is 1. The predicted octanol–water partition coefficient (Wildman–Crippen LogP) is 4.43. The average molecular weight is 331 g/mol. The van der Waals surface area contributed by atoms with Gasteiger partial charge in [-0.1, -0.05) is 34.8 Å². The van der Waals surface area contributed by atoms with E-state index in [0.717, 1.165) is 10.7 Å². The van der Waals surface area contributed by atoms with Gasteiger partial charge in [-0.05, 0) is 12.1 Å². The number of hydrogen-bond donors (Lipinski definition) is 1. The first-order valence-corrected chi connectivity index (χ1v) is 5.91. The van der Waals surface area contributed by atoms with Gasteiger partial charge in [-0.15, -0.1) is 0 Å². The molecule has 0 fully saturated rings. The zero-order valence-corrected chi connectivity index (χ0v) is 11.2. The van der Waals surface area contributed by atoms with Crippen LogP contribution in [-0.2, 0) is 6.18 Å². The van der Waals surface area contributed by atoms with Crippen LogP contribution in [0.3, 0.4) is 0 Å². The largest absolute Gasteiger partial charge is 0.417 e. The van der Waals surface area contributed by atoms with E-state index >= 15 is 0 Å². The Kier molecular flexibility index (Phi) is 3.59. The Labute approximate surface area is 120 Å². The van der Waals surface area contributed by atoms with Crippen molar-refractivity contribution in [2.45, 2.75) is 6.18 Å². The van der Waals surface area contributed by atoms with Crippen LogP contribution in [0.5, 0.6) is 0 Å². The molecule has 0 spiro atoms. The normalized spacial score (nSPS) is 11.9. The molecule has 0 bridgehead atoms. The summed E-state index contributed by atoms with van der Waals surface area (Å²) in [6.45, 7) is 0. The molecule has 0 atom stereocenters. The molecule has 2 N–H and O–H groups in total. The highest BCUT2D eigenvalue weighted by Gasteiger charge is 2.34. The first-order valence-electron chi connectivity index (χ1n) is 4.78. The van der Waals surface area contributed by atoms with Crippen LogP contribution in [0.25, 0.3) is 5.69 Å². The lowest BCUT2D eigenvalue weighted by Crippen LogP contribution is -2.08. The van der Waals surface area contributed by atoms with Crippen molar-refractivity contribution in [2.24, 2.45) is 0 Å². The molecule has 0 unspecified atom stereocenters. The first kappa shape index (κ1) is 14.3. The number of benzene rings is 1. The maximum absolute atomic E-state index is 12.6. The van der Waals surface area contributed by atoms with Crippen LogP contribution in [0.2, 0.25) is 15.2 Å². The zero-order valence-electron chi connectivity index (χ0n) is 8.97. The van der Waals surface area contributed by atoms with E-state index in [1.54, 1.807) is 0 Å². The average Bonchev–Trinajstić information content (AvgIpc) is 2.59. The van der Waals surface area contributed by atoms with Crippen LogP contribution in [0.15, 0.2) is 18.2 Å². The third-order valence-electron chi connectivity index (χ3n) is 2.28. The van der Waals surface area contributed by atoms with Gasteiger partial charge < -0.3 is 5.73 Å². The summed E-state index contributed by atoms with van der Waals surface area (Å²) in [7, 11) is 0. The predicted molar refractivity (Wildman–Crippen MR) is 68.0 cm³/mol. The molecule has 2 aromatic rings. The molecule has 0 radical (unpaired) electrons. The highest BCUT2D eigenvalue weighted by Crippen LogP contribution is 2.39. The molecular formula is C10H5Cl3F3N3. The molecule has 0 aliphatic rings. The minimum atomic E-state index is -4.59. The molecule has 9 heteroatoms. The summed E-state index contributed by atoms with van der Waals surface area (Å²) in [5.74, 6) is 0.128.